The van der Waals surface area contributed by atoms with Crippen LogP contribution < -0.4 is 10.2 Å². The first-order valence-corrected chi connectivity index (χ1v) is 7.84. The molecular weight excluding hydrogens is 323 g/mol. The molecule has 0 saturated carbocycles. The zero-order valence-corrected chi connectivity index (χ0v) is 13.5. The summed E-state index contributed by atoms with van der Waals surface area (Å²) in [7, 11) is 1.24. The molecule has 1 saturated heterocycles. The summed E-state index contributed by atoms with van der Waals surface area (Å²) in [5.74, 6) is 0. The monoisotopic (exact) mass is 345 g/mol. The molecule has 1 atom stereocenters. The van der Waals surface area contributed by atoms with Gasteiger partial charge in [-0.3, -0.25) is 0 Å². The third-order valence-electron chi connectivity index (χ3n) is 4.12. The van der Waals surface area contributed by atoms with Crippen LogP contribution in [-0.4, -0.2) is 61.0 Å². The number of anilines is 1. The number of amides is 2. The number of nitrogens with one attached hydrogen (secondary N) is 1. The lowest BCUT2D eigenvalue weighted by Crippen LogP contribution is -2.51. The molecule has 0 radical (unpaired) electrons. The number of piperidine rings is 1. The van der Waals surface area contributed by atoms with Gasteiger partial charge in [-0.25, -0.2) is 4.79 Å². The predicted octanol–water partition coefficient (Wildman–Crippen LogP) is 2.22. The zero-order chi connectivity index (χ0) is 17.7. The summed E-state index contributed by atoms with van der Waals surface area (Å²) >= 11 is 0. The fourth-order valence-electron chi connectivity index (χ4n) is 2.65. The lowest BCUT2D eigenvalue weighted by molar-refractivity contribution is -0.205. The third kappa shape index (κ3) is 5.02. The van der Waals surface area contributed by atoms with Gasteiger partial charge in [-0.1, -0.05) is 18.2 Å². The number of para-hydroxylation sites is 1. The molecule has 1 aromatic carbocycles. The highest BCUT2D eigenvalue weighted by Crippen LogP contribution is 2.21. The number of carbonyl (C=O) groups excluding carboxylic acids is 1. The average molecular weight is 345 g/mol. The molecule has 1 unspecified atom stereocenters. The first-order valence-electron chi connectivity index (χ1n) is 7.84. The highest BCUT2D eigenvalue weighted by Gasteiger charge is 2.39. The first-order chi connectivity index (χ1) is 11.3. The molecule has 8 heteroatoms. The Morgan fingerprint density at radius 1 is 1.33 bits per heavy atom. The van der Waals surface area contributed by atoms with Gasteiger partial charge in [0.25, 0.3) is 0 Å². The van der Waals surface area contributed by atoms with Gasteiger partial charge in [-0.2, -0.15) is 13.2 Å². The van der Waals surface area contributed by atoms with Gasteiger partial charge in [0.2, 0.25) is 0 Å². The molecule has 1 fully saturated rings. The quantitative estimate of drug-likeness (QED) is 0.880. The lowest BCUT2D eigenvalue weighted by atomic mass is 10.0. The van der Waals surface area contributed by atoms with E-state index in [1.807, 2.05) is 30.3 Å². The molecule has 134 valence electrons. The summed E-state index contributed by atoms with van der Waals surface area (Å²) in [6, 6.07) is 9.23. The molecule has 2 N–H and O–H groups in total. The SMILES string of the molecule is CN(CC(O)C(F)(F)F)C(=O)NC1CCN(c2ccccc2)CC1. The molecule has 2 rings (SSSR count). The minimum absolute atomic E-state index is 0.0806. The van der Waals surface area contributed by atoms with Crippen LogP contribution in [0, 0.1) is 0 Å². The molecule has 1 aliphatic rings. The van der Waals surface area contributed by atoms with Crippen molar-refractivity contribution in [3.05, 3.63) is 30.3 Å². The molecule has 24 heavy (non-hydrogen) atoms. The number of rotatable bonds is 4. The number of hydrogen-bond donors (Lipinski definition) is 2. The van der Waals surface area contributed by atoms with Crippen LogP contribution in [0.5, 0.6) is 0 Å². The van der Waals surface area contributed by atoms with E-state index in [0.717, 1.165) is 36.5 Å². The number of urea groups is 1. The van der Waals surface area contributed by atoms with Crippen LogP contribution in [-0.2, 0) is 0 Å². The second kappa shape index (κ2) is 7.74. The zero-order valence-electron chi connectivity index (χ0n) is 13.5. The summed E-state index contributed by atoms with van der Waals surface area (Å²) in [5, 5.41) is 11.7. The summed E-state index contributed by atoms with van der Waals surface area (Å²) in [6.45, 7) is 0.756. The standard InChI is InChI=1S/C16H22F3N3O2/c1-21(11-14(23)16(17,18)19)15(24)20-12-7-9-22(10-8-12)13-5-3-2-4-6-13/h2-6,12,14,23H,7-11H2,1H3,(H,20,24). The molecule has 1 aromatic rings. The molecule has 5 nitrogen and oxygen atoms in total. The van der Waals surface area contributed by atoms with E-state index in [0.29, 0.717) is 0 Å². The first kappa shape index (κ1) is 18.4. The van der Waals surface area contributed by atoms with Crippen LogP contribution in [0.15, 0.2) is 30.3 Å². The Bertz CT molecular complexity index is 531. The maximum atomic E-state index is 12.3. The lowest BCUT2D eigenvalue weighted by Gasteiger charge is -2.34. The molecule has 0 bridgehead atoms. The van der Waals surface area contributed by atoms with Crippen LogP contribution in [0.4, 0.5) is 23.7 Å². The highest BCUT2D eigenvalue weighted by atomic mass is 19.4. The van der Waals surface area contributed by atoms with Gasteiger partial charge >= 0.3 is 12.2 Å². The topological polar surface area (TPSA) is 55.8 Å². The molecule has 1 heterocycles. The molecule has 0 aliphatic carbocycles. The van der Waals surface area contributed by atoms with Crippen LogP contribution in [0.2, 0.25) is 0 Å². The Morgan fingerprint density at radius 3 is 2.46 bits per heavy atom. The van der Waals surface area contributed by atoms with Crippen molar-refractivity contribution in [1.29, 1.82) is 0 Å². The van der Waals surface area contributed by atoms with E-state index in [9.17, 15) is 18.0 Å². The van der Waals surface area contributed by atoms with Gasteiger partial charge in [0.1, 0.15) is 0 Å². The van der Waals surface area contributed by atoms with Gasteiger partial charge in [-0.15, -0.1) is 0 Å². The number of aliphatic hydroxyl groups excluding tert-OH is 1. The number of likely N-dealkylation sites (N-methyl/N-ethyl adjacent to an activating group) is 1. The number of hydrogen-bond acceptors (Lipinski definition) is 3. The van der Waals surface area contributed by atoms with Crippen molar-refractivity contribution in [2.45, 2.75) is 31.2 Å². The van der Waals surface area contributed by atoms with Crippen molar-refractivity contribution in [3.8, 4) is 0 Å². The largest absolute Gasteiger partial charge is 0.416 e. The van der Waals surface area contributed by atoms with Crippen molar-refractivity contribution in [2.75, 3.05) is 31.6 Å². The number of nitrogens with zero attached hydrogens (tertiary/aromatic N) is 2. The predicted molar refractivity (Wildman–Crippen MR) is 84.9 cm³/mol. The van der Waals surface area contributed by atoms with E-state index in [4.69, 9.17) is 5.11 Å². The molecule has 0 spiro atoms. The van der Waals surface area contributed by atoms with Crippen LogP contribution >= 0.6 is 0 Å². The maximum Gasteiger partial charge on any atom is 0.416 e. The smallest absolute Gasteiger partial charge is 0.382 e. The molecule has 2 amide bonds. The Morgan fingerprint density at radius 2 is 1.92 bits per heavy atom. The fourth-order valence-corrected chi connectivity index (χ4v) is 2.65. The van der Waals surface area contributed by atoms with Gasteiger partial charge < -0.3 is 20.2 Å². The Kier molecular flexibility index (Phi) is 5.93. The minimum atomic E-state index is -4.73. The van der Waals surface area contributed by atoms with Crippen LogP contribution in [0.25, 0.3) is 0 Å². The maximum absolute atomic E-state index is 12.3. The van der Waals surface area contributed by atoms with E-state index < -0.39 is 24.9 Å². The second-order valence-electron chi connectivity index (χ2n) is 5.98. The van der Waals surface area contributed by atoms with Crippen molar-refractivity contribution in [3.63, 3.8) is 0 Å². The minimum Gasteiger partial charge on any atom is -0.382 e. The van der Waals surface area contributed by atoms with Crippen molar-refractivity contribution in [2.24, 2.45) is 0 Å². The van der Waals surface area contributed by atoms with Crippen LogP contribution in [0.1, 0.15) is 12.8 Å². The Balaban J connectivity index is 1.78. The summed E-state index contributed by atoms with van der Waals surface area (Å²) in [5.41, 5.74) is 1.12. The number of alkyl halides is 3. The number of benzene rings is 1. The normalized spacial score (nSPS) is 17.5. The molecule has 0 aromatic heterocycles. The highest BCUT2D eigenvalue weighted by molar-refractivity contribution is 5.74. The van der Waals surface area contributed by atoms with E-state index >= 15 is 0 Å². The fraction of sp³-hybridized carbons (Fsp3) is 0.562. The summed E-state index contributed by atoms with van der Waals surface area (Å²) < 4.78 is 37.0. The average Bonchev–Trinajstić information content (AvgIpc) is 2.55. The van der Waals surface area contributed by atoms with Crippen molar-refractivity contribution >= 4 is 11.7 Å². The van der Waals surface area contributed by atoms with Gasteiger partial charge in [-0.05, 0) is 25.0 Å². The van der Waals surface area contributed by atoms with E-state index in [-0.39, 0.29) is 6.04 Å². The van der Waals surface area contributed by atoms with E-state index in [1.165, 1.54) is 7.05 Å². The van der Waals surface area contributed by atoms with E-state index in [2.05, 4.69) is 10.2 Å². The number of carbonyl (C=O) groups is 1. The van der Waals surface area contributed by atoms with Crippen molar-refractivity contribution in [1.82, 2.24) is 10.2 Å². The summed E-state index contributed by atoms with van der Waals surface area (Å²) in [4.78, 5) is 15.0. The molecule has 1 aliphatic heterocycles. The molecular formula is C16H22F3N3O2. The van der Waals surface area contributed by atoms with Crippen molar-refractivity contribution < 1.29 is 23.1 Å². The number of aliphatic hydroxyl groups is 1. The second-order valence-corrected chi connectivity index (χ2v) is 5.98. The van der Waals surface area contributed by atoms with Gasteiger partial charge in [0.15, 0.2) is 6.10 Å². The number of halogens is 3. The Labute approximate surface area is 139 Å². The van der Waals surface area contributed by atoms with E-state index in [1.54, 1.807) is 0 Å². The van der Waals surface area contributed by atoms with Gasteiger partial charge in [0, 0.05) is 31.9 Å². The Hall–Kier alpha value is -1.96. The van der Waals surface area contributed by atoms with Crippen LogP contribution in [0.3, 0.4) is 0 Å². The third-order valence-corrected chi connectivity index (χ3v) is 4.12. The summed E-state index contributed by atoms with van der Waals surface area (Å²) in [6.07, 6.45) is -5.82. The van der Waals surface area contributed by atoms with Gasteiger partial charge in [0.05, 0.1) is 6.54 Å².